The topological polar surface area (TPSA) is 265 Å². The molecule has 216 valence electrons. The Morgan fingerprint density at radius 1 is 1.18 bits per heavy atom. The quantitative estimate of drug-likeness (QED) is 0.150. The van der Waals surface area contributed by atoms with Crippen molar-refractivity contribution in [1.82, 2.24) is 14.9 Å². The van der Waals surface area contributed by atoms with Gasteiger partial charge < -0.3 is 39.9 Å². The van der Waals surface area contributed by atoms with Crippen LogP contribution in [0.4, 0.5) is 0 Å². The molecule has 20 heteroatoms. The maximum Gasteiger partial charge on any atom is 0.483 e. The Labute approximate surface area is 214 Å². The monoisotopic (exact) mass is 589 g/mol. The molecule has 10 atom stereocenters. The highest BCUT2D eigenvalue weighted by Crippen LogP contribution is 2.61. The fourth-order valence-corrected chi connectivity index (χ4v) is 6.02. The lowest BCUT2D eigenvalue weighted by Gasteiger charge is -2.41. The summed E-state index contributed by atoms with van der Waals surface area (Å²) in [6.07, 6.45) is -9.29. The Kier molecular flexibility index (Phi) is 9.51. The smallest absolute Gasteiger partial charge is 0.390 e. The predicted octanol–water partition coefficient (Wildman–Crippen LogP) is -2.28. The summed E-state index contributed by atoms with van der Waals surface area (Å²) >= 11 is 0. The van der Waals surface area contributed by atoms with Crippen LogP contribution < -0.4 is 16.6 Å². The molecule has 0 bridgehead atoms. The van der Waals surface area contributed by atoms with Crippen molar-refractivity contribution < 1.29 is 61.9 Å². The molecule has 3 unspecified atom stereocenters. The molecule has 1 aromatic rings. The number of nitrogens with zero attached hydrogens (tertiary/aromatic N) is 1. The van der Waals surface area contributed by atoms with Gasteiger partial charge in [0.25, 0.3) is 5.56 Å². The number of aromatic nitrogens is 2. The highest BCUT2D eigenvalue weighted by atomic mass is 31.3. The van der Waals surface area contributed by atoms with Crippen LogP contribution in [0.3, 0.4) is 0 Å². The van der Waals surface area contributed by atoms with E-state index in [0.29, 0.717) is 0 Å². The zero-order valence-electron chi connectivity index (χ0n) is 20.3. The van der Waals surface area contributed by atoms with Crippen LogP contribution in [0.1, 0.15) is 32.1 Å². The van der Waals surface area contributed by atoms with E-state index in [-0.39, 0.29) is 12.0 Å². The van der Waals surface area contributed by atoms with Crippen molar-refractivity contribution in [2.75, 3.05) is 6.61 Å². The normalized spacial score (nSPS) is 34.8. The summed E-state index contributed by atoms with van der Waals surface area (Å²) in [4.78, 5) is 56.7. The van der Waals surface area contributed by atoms with Crippen LogP contribution >= 0.6 is 15.6 Å². The number of aliphatic hydroxyl groups is 3. The summed E-state index contributed by atoms with van der Waals surface area (Å²) in [5, 5.41) is 32.9. The van der Waals surface area contributed by atoms with Crippen molar-refractivity contribution in [3.8, 4) is 0 Å². The van der Waals surface area contributed by atoms with Gasteiger partial charge in [-0.15, -0.1) is 0 Å². The van der Waals surface area contributed by atoms with Crippen LogP contribution in [0.15, 0.2) is 15.8 Å². The fourth-order valence-electron chi connectivity index (χ4n) is 3.86. The molecule has 1 amide bonds. The van der Waals surface area contributed by atoms with E-state index in [4.69, 9.17) is 9.47 Å². The zero-order chi connectivity index (χ0) is 28.6. The number of hydrogen-bond donors (Lipinski definition) is 7. The van der Waals surface area contributed by atoms with E-state index in [1.54, 1.807) is 0 Å². The fraction of sp³-hybridized carbons (Fsp3) is 0.722. The third-order valence-electron chi connectivity index (χ3n) is 5.73. The predicted molar refractivity (Wildman–Crippen MR) is 122 cm³/mol. The number of H-pyrrole nitrogens is 1. The number of carbonyl (C=O) groups excluding carboxylic acids is 1. The summed E-state index contributed by atoms with van der Waals surface area (Å²) < 4.78 is 49.7. The third kappa shape index (κ3) is 7.44. The second-order valence-corrected chi connectivity index (χ2v) is 11.7. The van der Waals surface area contributed by atoms with Crippen LogP contribution in [0.2, 0.25) is 0 Å². The van der Waals surface area contributed by atoms with Gasteiger partial charge >= 0.3 is 21.3 Å². The summed E-state index contributed by atoms with van der Waals surface area (Å²) in [5.41, 5.74) is -1.24. The van der Waals surface area contributed by atoms with Crippen molar-refractivity contribution >= 4 is 21.6 Å². The molecule has 38 heavy (non-hydrogen) atoms. The molecular formula is C18H29N3O15P2. The SMILES string of the molecule is CC(=O)N[C@H]1[C@H](O)[C@@H](O)C(OP(=O)(O)OP(=O)(O)OC[C@H]2O[C@@H](n3cc(C)c(=O)[nH]c3=O)C[C@@H]2O)O[C@@H]1C. The zero-order valence-corrected chi connectivity index (χ0v) is 22.1. The van der Waals surface area contributed by atoms with Crippen LogP contribution in [0, 0.1) is 6.92 Å². The van der Waals surface area contributed by atoms with Crippen molar-refractivity contribution in [3.05, 3.63) is 32.6 Å². The van der Waals surface area contributed by atoms with E-state index in [9.17, 15) is 48.6 Å². The number of aromatic amines is 1. The first-order valence-electron chi connectivity index (χ1n) is 11.1. The molecule has 0 aliphatic carbocycles. The molecule has 2 fully saturated rings. The van der Waals surface area contributed by atoms with Gasteiger partial charge in [0.15, 0.2) is 6.29 Å². The van der Waals surface area contributed by atoms with Crippen LogP contribution in [-0.4, -0.2) is 90.0 Å². The van der Waals surface area contributed by atoms with E-state index in [2.05, 4.69) is 23.7 Å². The third-order valence-corrected chi connectivity index (χ3v) is 8.33. The molecule has 1 aromatic heterocycles. The molecule has 3 heterocycles. The second-order valence-electron chi connectivity index (χ2n) is 8.75. The van der Waals surface area contributed by atoms with E-state index in [1.807, 2.05) is 0 Å². The maximum absolute atomic E-state index is 12.3. The van der Waals surface area contributed by atoms with Crippen molar-refractivity contribution in [2.24, 2.45) is 0 Å². The van der Waals surface area contributed by atoms with Gasteiger partial charge in [0.1, 0.15) is 24.5 Å². The molecule has 18 nitrogen and oxygen atoms in total. The van der Waals surface area contributed by atoms with Gasteiger partial charge in [0.05, 0.1) is 24.9 Å². The molecule has 0 spiro atoms. The van der Waals surface area contributed by atoms with Gasteiger partial charge in [-0.05, 0) is 13.8 Å². The number of phosphoric ester groups is 2. The Morgan fingerprint density at radius 3 is 2.47 bits per heavy atom. The van der Waals surface area contributed by atoms with Gasteiger partial charge in [0, 0.05) is 25.1 Å². The number of rotatable bonds is 9. The summed E-state index contributed by atoms with van der Waals surface area (Å²) in [6.45, 7) is 3.12. The largest absolute Gasteiger partial charge is 0.483 e. The van der Waals surface area contributed by atoms with Crippen LogP contribution in [0.5, 0.6) is 0 Å². The van der Waals surface area contributed by atoms with Crippen molar-refractivity contribution in [3.63, 3.8) is 0 Å². The summed E-state index contributed by atoms with van der Waals surface area (Å²) in [7, 11) is -10.8. The number of ether oxygens (including phenoxy) is 2. The van der Waals surface area contributed by atoms with Gasteiger partial charge in [0.2, 0.25) is 5.91 Å². The number of phosphoric acid groups is 2. The molecule has 2 aliphatic heterocycles. The van der Waals surface area contributed by atoms with Crippen molar-refractivity contribution in [2.45, 2.75) is 76.3 Å². The van der Waals surface area contributed by atoms with Crippen LogP contribution in [0.25, 0.3) is 0 Å². The van der Waals surface area contributed by atoms with E-state index < -0.39 is 88.5 Å². The lowest BCUT2D eigenvalue weighted by atomic mass is 9.97. The molecule has 7 N–H and O–H groups in total. The lowest BCUT2D eigenvalue weighted by Crippen LogP contribution is -2.62. The number of hydrogen-bond acceptors (Lipinski definition) is 13. The molecular weight excluding hydrogens is 560 g/mol. The minimum atomic E-state index is -5.48. The first kappa shape index (κ1) is 30.7. The summed E-state index contributed by atoms with van der Waals surface area (Å²) in [5.74, 6) is -0.547. The molecule has 3 rings (SSSR count). The molecule has 2 saturated heterocycles. The number of nitrogens with one attached hydrogen (secondary N) is 2. The Hall–Kier alpha value is -1.79. The number of amides is 1. The second kappa shape index (κ2) is 11.8. The van der Waals surface area contributed by atoms with E-state index in [1.165, 1.54) is 20.0 Å². The number of carbonyl (C=O) groups is 1. The summed E-state index contributed by atoms with van der Waals surface area (Å²) in [6, 6.07) is -1.09. The molecule has 0 radical (unpaired) electrons. The Balaban J connectivity index is 1.58. The first-order valence-corrected chi connectivity index (χ1v) is 14.1. The standard InChI is InChI=1S/C18H29N3O15P2/c1-7-5-21(18(27)20-16(7)26)12-4-10(23)11(34-12)6-32-37(28,29)36-38(30,31)35-17-15(25)14(24)13(8(2)33-17)19-9(3)22/h5,8,10-15,17,23-25H,4,6H2,1-3H3,(H,19,22)(H,28,29)(H,30,31)(H,20,26,27)/t8-,10+,11-,12-,13-,14+,15-,17?/m1/s1. The highest BCUT2D eigenvalue weighted by molar-refractivity contribution is 7.61. The van der Waals surface area contributed by atoms with Crippen molar-refractivity contribution in [1.29, 1.82) is 0 Å². The average Bonchev–Trinajstić information content (AvgIpc) is 3.15. The molecule has 2 aliphatic rings. The lowest BCUT2D eigenvalue weighted by molar-refractivity contribution is -0.246. The van der Waals surface area contributed by atoms with E-state index >= 15 is 0 Å². The highest BCUT2D eigenvalue weighted by Gasteiger charge is 2.48. The number of aryl methyl sites for hydroxylation is 1. The van der Waals surface area contributed by atoms with Gasteiger partial charge in [-0.3, -0.25) is 28.2 Å². The minimum Gasteiger partial charge on any atom is -0.390 e. The molecule has 0 aromatic carbocycles. The number of aliphatic hydroxyl groups excluding tert-OH is 3. The Morgan fingerprint density at radius 2 is 1.84 bits per heavy atom. The van der Waals surface area contributed by atoms with Gasteiger partial charge in [-0.25, -0.2) is 13.9 Å². The van der Waals surface area contributed by atoms with Gasteiger partial charge in [-0.2, -0.15) is 4.31 Å². The Bertz CT molecular complexity index is 1240. The average molecular weight is 589 g/mol. The van der Waals surface area contributed by atoms with E-state index in [0.717, 1.165) is 11.5 Å². The van der Waals surface area contributed by atoms with Crippen LogP contribution in [-0.2, 0) is 36.8 Å². The van der Waals surface area contributed by atoms with Gasteiger partial charge in [-0.1, -0.05) is 0 Å². The minimum absolute atomic E-state index is 0.158. The first-order chi connectivity index (χ1) is 17.5. The molecule has 0 saturated carbocycles. The maximum atomic E-state index is 12.3.